The van der Waals surface area contributed by atoms with Gasteiger partial charge in [0.2, 0.25) is 0 Å². The molecule has 0 amide bonds. The van der Waals surface area contributed by atoms with Crippen molar-refractivity contribution >= 4 is 0 Å². The van der Waals surface area contributed by atoms with E-state index in [1.165, 1.54) is 103 Å². The third kappa shape index (κ3) is 9.83. The van der Waals surface area contributed by atoms with E-state index in [9.17, 15) is 0 Å². The molecular weight excluding hydrogens is 330 g/mol. The van der Waals surface area contributed by atoms with Crippen molar-refractivity contribution in [3.63, 3.8) is 0 Å². The van der Waals surface area contributed by atoms with Crippen LogP contribution in [0, 0.1) is 5.92 Å². The largest absolute Gasteiger partial charge is 0.494 e. The number of unbranched alkanes of at least 4 members (excludes halogenated alkanes) is 15. The molecule has 0 aromatic heterocycles. The van der Waals surface area contributed by atoms with Gasteiger partial charge in [-0.15, -0.1) is 0 Å². The summed E-state index contributed by atoms with van der Waals surface area (Å²) in [5.41, 5.74) is 6.10. The lowest BCUT2D eigenvalue weighted by Gasteiger charge is -2.12. The lowest BCUT2D eigenvalue weighted by atomic mass is 10.0. The maximum absolute atomic E-state index is 6.12. The number of hydrogen-bond acceptors (Lipinski definition) is 2. The number of hydrogen-bond donors (Lipinski definition) is 1. The highest BCUT2D eigenvalue weighted by molar-refractivity contribution is 5.36. The number of ether oxygens (including phenoxy) is 1. The maximum atomic E-state index is 6.12. The highest BCUT2D eigenvalue weighted by Crippen LogP contribution is 2.46. The van der Waals surface area contributed by atoms with E-state index in [1.54, 1.807) is 0 Å². The van der Waals surface area contributed by atoms with Crippen molar-refractivity contribution in [3.8, 4) is 0 Å². The van der Waals surface area contributed by atoms with E-state index in [2.05, 4.69) is 25.2 Å². The van der Waals surface area contributed by atoms with Crippen molar-refractivity contribution in [2.24, 2.45) is 11.7 Å². The van der Waals surface area contributed by atoms with Gasteiger partial charge in [0.15, 0.2) is 0 Å². The summed E-state index contributed by atoms with van der Waals surface area (Å²) < 4.78 is 5.86. The Labute approximate surface area is 169 Å². The van der Waals surface area contributed by atoms with E-state index in [0.717, 1.165) is 18.8 Å². The molecule has 2 N–H and O–H groups in total. The molecule has 0 heterocycles. The van der Waals surface area contributed by atoms with Crippen molar-refractivity contribution in [1.82, 2.24) is 0 Å². The maximum Gasteiger partial charge on any atom is 0.115 e. The van der Waals surface area contributed by atoms with Gasteiger partial charge in [-0.05, 0) is 25.0 Å². The lowest BCUT2D eigenvalue weighted by Crippen LogP contribution is -2.23. The van der Waals surface area contributed by atoms with E-state index in [0.29, 0.717) is 5.92 Å². The van der Waals surface area contributed by atoms with Crippen LogP contribution in [0.25, 0.3) is 0 Å². The van der Waals surface area contributed by atoms with Crippen LogP contribution in [0.2, 0.25) is 0 Å². The van der Waals surface area contributed by atoms with E-state index in [1.807, 2.05) is 0 Å². The Morgan fingerprint density at radius 3 is 1.78 bits per heavy atom. The topological polar surface area (TPSA) is 35.2 Å². The number of fused-ring (bicyclic) bond motifs is 1. The molecule has 27 heavy (non-hydrogen) atoms. The van der Waals surface area contributed by atoms with Crippen LogP contribution in [0.1, 0.15) is 116 Å². The molecule has 0 bridgehead atoms. The van der Waals surface area contributed by atoms with E-state index < -0.39 is 0 Å². The first kappa shape index (κ1) is 22.5. The Balaban J connectivity index is 1.25. The average molecular weight is 376 g/mol. The van der Waals surface area contributed by atoms with Gasteiger partial charge < -0.3 is 10.5 Å². The molecule has 2 atom stereocenters. The van der Waals surface area contributed by atoms with Gasteiger partial charge in [0.25, 0.3) is 0 Å². The van der Waals surface area contributed by atoms with E-state index in [-0.39, 0.29) is 5.54 Å². The number of allylic oxidation sites excluding steroid dienone is 1. The zero-order valence-electron chi connectivity index (χ0n) is 18.0. The zero-order chi connectivity index (χ0) is 19.2. The van der Waals surface area contributed by atoms with Crippen molar-refractivity contribution in [2.45, 2.75) is 122 Å². The van der Waals surface area contributed by atoms with Crippen LogP contribution in [-0.4, -0.2) is 12.1 Å². The minimum atomic E-state index is -0.0267. The second-order valence-corrected chi connectivity index (χ2v) is 8.98. The van der Waals surface area contributed by atoms with Crippen LogP contribution in [0.5, 0.6) is 0 Å². The van der Waals surface area contributed by atoms with Gasteiger partial charge in [0.05, 0.1) is 6.61 Å². The van der Waals surface area contributed by atoms with Crippen molar-refractivity contribution in [1.29, 1.82) is 0 Å². The first-order valence-corrected chi connectivity index (χ1v) is 12.1. The van der Waals surface area contributed by atoms with Crippen LogP contribution < -0.4 is 5.73 Å². The molecule has 1 fully saturated rings. The van der Waals surface area contributed by atoms with Crippen LogP contribution in [0.15, 0.2) is 24.0 Å². The molecule has 2 nitrogen and oxygen atoms in total. The first-order chi connectivity index (χ1) is 13.2. The summed E-state index contributed by atoms with van der Waals surface area (Å²) in [7, 11) is 0. The third-order valence-electron chi connectivity index (χ3n) is 6.29. The fourth-order valence-corrected chi connectivity index (χ4v) is 4.16. The Morgan fingerprint density at radius 2 is 1.30 bits per heavy atom. The molecule has 2 aliphatic carbocycles. The van der Waals surface area contributed by atoms with Crippen LogP contribution in [-0.2, 0) is 4.74 Å². The van der Waals surface area contributed by atoms with Crippen LogP contribution in [0.3, 0.4) is 0 Å². The van der Waals surface area contributed by atoms with Crippen molar-refractivity contribution < 1.29 is 4.74 Å². The summed E-state index contributed by atoms with van der Waals surface area (Å²) in [5.74, 6) is 1.57. The van der Waals surface area contributed by atoms with Crippen molar-refractivity contribution in [2.75, 3.05) is 6.61 Å². The molecule has 2 heteroatoms. The van der Waals surface area contributed by atoms with E-state index >= 15 is 0 Å². The van der Waals surface area contributed by atoms with Gasteiger partial charge in [0.1, 0.15) is 5.76 Å². The summed E-state index contributed by atoms with van der Waals surface area (Å²) >= 11 is 0. The van der Waals surface area contributed by atoms with Gasteiger partial charge in [-0.2, -0.15) is 0 Å². The third-order valence-corrected chi connectivity index (χ3v) is 6.29. The van der Waals surface area contributed by atoms with Gasteiger partial charge in [-0.25, -0.2) is 0 Å². The molecular formula is C25H45NO. The normalized spacial score (nSPS) is 23.2. The quantitative estimate of drug-likeness (QED) is 0.253. The van der Waals surface area contributed by atoms with Crippen LogP contribution >= 0.6 is 0 Å². The molecule has 0 aromatic carbocycles. The monoisotopic (exact) mass is 375 g/mol. The highest BCUT2D eigenvalue weighted by Gasteiger charge is 2.49. The molecule has 0 aliphatic heterocycles. The standard InChI is InChI=1S/C25H45NO/c1-2-3-4-5-6-7-8-9-10-11-12-13-14-15-16-17-20-27-24-18-19-25(26)22-23(25)21-24/h18-19,21,23H,2-17,20,22,26H2,1H3. The Kier molecular flexibility index (Phi) is 11.2. The summed E-state index contributed by atoms with van der Waals surface area (Å²) in [4.78, 5) is 0. The Bertz CT molecular complexity index is 442. The molecule has 0 radical (unpaired) electrons. The zero-order valence-corrected chi connectivity index (χ0v) is 18.0. The van der Waals surface area contributed by atoms with Gasteiger partial charge in [-0.3, -0.25) is 0 Å². The predicted molar refractivity (Wildman–Crippen MR) is 118 cm³/mol. The SMILES string of the molecule is CCCCCCCCCCCCCCCCCCOC1=CC2CC2(N)C=C1. The summed E-state index contributed by atoms with van der Waals surface area (Å²) in [6, 6.07) is 0. The van der Waals surface area contributed by atoms with Crippen LogP contribution in [0.4, 0.5) is 0 Å². The first-order valence-electron chi connectivity index (χ1n) is 12.1. The lowest BCUT2D eigenvalue weighted by molar-refractivity contribution is 0.214. The molecule has 2 rings (SSSR count). The highest BCUT2D eigenvalue weighted by atomic mass is 16.5. The number of nitrogens with two attached hydrogens (primary N) is 1. The summed E-state index contributed by atoms with van der Waals surface area (Å²) in [6.07, 6.45) is 30.1. The molecule has 0 aromatic rings. The average Bonchev–Trinajstić information content (AvgIpc) is 3.35. The molecule has 2 unspecified atom stereocenters. The fourth-order valence-electron chi connectivity index (χ4n) is 4.16. The smallest absolute Gasteiger partial charge is 0.115 e. The molecule has 0 spiro atoms. The minimum absolute atomic E-state index is 0.0267. The minimum Gasteiger partial charge on any atom is -0.494 e. The predicted octanol–water partition coefficient (Wildman–Crippen LogP) is 7.44. The molecule has 2 aliphatic rings. The molecule has 0 saturated heterocycles. The Morgan fingerprint density at radius 1 is 0.815 bits per heavy atom. The summed E-state index contributed by atoms with van der Waals surface area (Å²) in [5, 5.41) is 0. The number of rotatable bonds is 18. The van der Waals surface area contributed by atoms with Crippen molar-refractivity contribution in [3.05, 3.63) is 24.0 Å². The second-order valence-electron chi connectivity index (χ2n) is 8.98. The van der Waals surface area contributed by atoms with Gasteiger partial charge in [0, 0.05) is 11.5 Å². The Hall–Kier alpha value is -0.760. The fraction of sp³-hybridized carbons (Fsp3) is 0.840. The van der Waals surface area contributed by atoms with E-state index in [4.69, 9.17) is 10.5 Å². The second kappa shape index (κ2) is 13.4. The van der Waals surface area contributed by atoms with Gasteiger partial charge >= 0.3 is 0 Å². The molecule has 1 saturated carbocycles. The van der Waals surface area contributed by atoms with Gasteiger partial charge in [-0.1, -0.05) is 109 Å². The summed E-state index contributed by atoms with van der Waals surface area (Å²) in [6.45, 7) is 3.15. The molecule has 156 valence electrons.